The topological polar surface area (TPSA) is 78.9 Å². The number of unbranched alkanes of at least 4 members (excludes halogenated alkanes) is 24. The average Bonchev–Trinajstić information content (AvgIpc) is 3.35. The first-order valence-corrected chi connectivity index (χ1v) is 28.7. The largest absolute Gasteiger partial charge is 0.462 e. The first-order valence-electron chi connectivity index (χ1n) is 28.7. The quantitative estimate of drug-likeness (QED) is 0.0262. The third-order valence-electron chi connectivity index (χ3n) is 12.1. The number of carbonyl (C=O) groups excluding carboxylic acids is 3. The fraction of sp³-hybridized carbons (Fsp3) is 0.698. The summed E-state index contributed by atoms with van der Waals surface area (Å²) >= 11 is 0. The maximum absolute atomic E-state index is 12.8. The van der Waals surface area contributed by atoms with Crippen LogP contribution in [0, 0.1) is 0 Å². The zero-order valence-corrected chi connectivity index (χ0v) is 45.0. The molecule has 0 radical (unpaired) electrons. The van der Waals surface area contributed by atoms with Gasteiger partial charge >= 0.3 is 17.9 Å². The van der Waals surface area contributed by atoms with Crippen molar-refractivity contribution in [1.82, 2.24) is 0 Å². The molecule has 0 saturated carbocycles. The Balaban J connectivity index is 4.53. The van der Waals surface area contributed by atoms with Gasteiger partial charge in [-0.05, 0) is 96.3 Å². The minimum absolute atomic E-state index is 0.111. The predicted octanol–water partition coefficient (Wildman–Crippen LogP) is 19.3. The molecule has 0 N–H and O–H groups in total. The van der Waals surface area contributed by atoms with Gasteiger partial charge in [-0.25, -0.2) is 0 Å². The molecule has 0 fully saturated rings. The third-order valence-corrected chi connectivity index (χ3v) is 12.1. The number of ether oxygens (including phenoxy) is 3. The number of hydrogen-bond donors (Lipinski definition) is 0. The van der Waals surface area contributed by atoms with Crippen LogP contribution in [0.5, 0.6) is 0 Å². The van der Waals surface area contributed by atoms with E-state index >= 15 is 0 Å². The number of hydrogen-bond acceptors (Lipinski definition) is 6. The first kappa shape index (κ1) is 65.3. The summed E-state index contributed by atoms with van der Waals surface area (Å²) in [5.74, 6) is -1.01. The molecule has 0 rings (SSSR count). The molecule has 0 amide bonds. The minimum Gasteiger partial charge on any atom is -0.462 e. The Hall–Kier alpha value is -3.67. The van der Waals surface area contributed by atoms with Crippen LogP contribution in [0.15, 0.2) is 97.2 Å². The molecule has 6 nitrogen and oxygen atoms in total. The van der Waals surface area contributed by atoms with Crippen LogP contribution in [-0.2, 0) is 28.6 Å². The van der Waals surface area contributed by atoms with E-state index < -0.39 is 6.10 Å². The van der Waals surface area contributed by atoms with Gasteiger partial charge in [-0.3, -0.25) is 14.4 Å². The predicted molar refractivity (Wildman–Crippen MR) is 297 cm³/mol. The van der Waals surface area contributed by atoms with E-state index in [0.717, 1.165) is 89.9 Å². The summed E-state index contributed by atoms with van der Waals surface area (Å²) in [5, 5.41) is 0. The van der Waals surface area contributed by atoms with Crippen molar-refractivity contribution in [3.05, 3.63) is 97.2 Å². The summed E-state index contributed by atoms with van der Waals surface area (Å²) in [4.78, 5) is 38.1. The second-order valence-electron chi connectivity index (χ2n) is 18.8. The highest BCUT2D eigenvalue weighted by molar-refractivity contribution is 5.71. The highest BCUT2D eigenvalue weighted by Crippen LogP contribution is 2.15. The Bertz CT molecular complexity index is 1380. The number of allylic oxidation sites excluding steroid dienone is 16. The summed E-state index contributed by atoms with van der Waals surface area (Å²) in [5.41, 5.74) is 0. The average molecular weight is 960 g/mol. The molecule has 1 atom stereocenters. The Kier molecular flexibility index (Phi) is 53.9. The number of esters is 3. The molecule has 0 aliphatic carbocycles. The van der Waals surface area contributed by atoms with Gasteiger partial charge in [0.1, 0.15) is 13.2 Å². The van der Waals surface area contributed by atoms with E-state index in [9.17, 15) is 14.4 Å². The first-order chi connectivity index (χ1) is 34.0. The molecule has 0 saturated heterocycles. The molecular formula is C63H106O6. The molecular weight excluding hydrogens is 853 g/mol. The van der Waals surface area contributed by atoms with Gasteiger partial charge in [-0.1, -0.05) is 246 Å². The lowest BCUT2D eigenvalue weighted by molar-refractivity contribution is -0.166. The van der Waals surface area contributed by atoms with Gasteiger partial charge < -0.3 is 14.2 Å². The van der Waals surface area contributed by atoms with Gasteiger partial charge in [-0.15, -0.1) is 0 Å². The van der Waals surface area contributed by atoms with Gasteiger partial charge in [-0.2, -0.15) is 0 Å². The summed E-state index contributed by atoms with van der Waals surface area (Å²) in [6.07, 6.45) is 75.4. The summed E-state index contributed by atoms with van der Waals surface area (Å²) in [6, 6.07) is 0. The van der Waals surface area contributed by atoms with Crippen molar-refractivity contribution in [3.8, 4) is 0 Å². The SMILES string of the molecule is CCCCC/C=C\C/C=C\C/C=C\C/C=C\C/C=C\CCC(=O)OC[C@H](COC(=O)CCCCCC/C=C\C/C=C\C/C=C\CCCCC)OC(=O)CCCCCCCCCCCCCCCCC. The van der Waals surface area contributed by atoms with Crippen molar-refractivity contribution in [1.29, 1.82) is 0 Å². The maximum atomic E-state index is 12.8. The molecule has 0 unspecified atom stereocenters. The number of rotatable bonds is 51. The van der Waals surface area contributed by atoms with Crippen molar-refractivity contribution in [2.45, 2.75) is 271 Å². The molecule has 0 spiro atoms. The monoisotopic (exact) mass is 959 g/mol. The molecule has 0 heterocycles. The molecule has 6 heteroatoms. The van der Waals surface area contributed by atoms with E-state index in [2.05, 4.69) is 112 Å². The van der Waals surface area contributed by atoms with Crippen LogP contribution in [-0.4, -0.2) is 37.2 Å². The van der Waals surface area contributed by atoms with Crippen molar-refractivity contribution in [3.63, 3.8) is 0 Å². The zero-order valence-electron chi connectivity index (χ0n) is 45.0. The molecule has 394 valence electrons. The fourth-order valence-electron chi connectivity index (χ4n) is 7.73. The van der Waals surface area contributed by atoms with E-state index in [0.29, 0.717) is 19.3 Å². The highest BCUT2D eigenvalue weighted by atomic mass is 16.6. The molecule has 0 aromatic rings. The second kappa shape index (κ2) is 56.9. The fourth-order valence-corrected chi connectivity index (χ4v) is 7.73. The number of carbonyl (C=O) groups is 3. The van der Waals surface area contributed by atoms with E-state index in [1.165, 1.54) is 128 Å². The van der Waals surface area contributed by atoms with Crippen molar-refractivity contribution >= 4 is 17.9 Å². The lowest BCUT2D eigenvalue weighted by atomic mass is 10.0. The van der Waals surface area contributed by atoms with Crippen molar-refractivity contribution in [2.24, 2.45) is 0 Å². The maximum Gasteiger partial charge on any atom is 0.306 e. The van der Waals surface area contributed by atoms with Crippen LogP contribution in [0.4, 0.5) is 0 Å². The van der Waals surface area contributed by atoms with Crippen LogP contribution in [0.2, 0.25) is 0 Å². The van der Waals surface area contributed by atoms with Gasteiger partial charge in [0.25, 0.3) is 0 Å². The highest BCUT2D eigenvalue weighted by Gasteiger charge is 2.19. The Morgan fingerprint density at radius 3 is 0.928 bits per heavy atom. The summed E-state index contributed by atoms with van der Waals surface area (Å²) in [6.45, 7) is 6.51. The molecule has 0 aromatic heterocycles. The van der Waals surface area contributed by atoms with Crippen molar-refractivity contribution < 1.29 is 28.6 Å². The van der Waals surface area contributed by atoms with Crippen LogP contribution in [0.1, 0.15) is 265 Å². The summed E-state index contributed by atoms with van der Waals surface area (Å²) < 4.78 is 16.8. The second-order valence-corrected chi connectivity index (χ2v) is 18.8. The van der Waals surface area contributed by atoms with E-state index in [1.54, 1.807) is 0 Å². The van der Waals surface area contributed by atoms with Gasteiger partial charge in [0, 0.05) is 19.3 Å². The molecule has 0 aliphatic heterocycles. The van der Waals surface area contributed by atoms with Crippen LogP contribution >= 0.6 is 0 Å². The lowest BCUT2D eigenvalue weighted by Gasteiger charge is -2.18. The summed E-state index contributed by atoms with van der Waals surface area (Å²) in [7, 11) is 0. The minimum atomic E-state index is -0.816. The Morgan fingerprint density at radius 2 is 0.551 bits per heavy atom. The normalized spacial score (nSPS) is 12.8. The smallest absolute Gasteiger partial charge is 0.306 e. The molecule has 69 heavy (non-hydrogen) atoms. The van der Waals surface area contributed by atoms with E-state index in [-0.39, 0.29) is 37.5 Å². The zero-order chi connectivity index (χ0) is 50.0. The van der Waals surface area contributed by atoms with Crippen LogP contribution in [0.3, 0.4) is 0 Å². The Labute approximate surface area is 426 Å². The van der Waals surface area contributed by atoms with E-state index in [1.807, 2.05) is 6.08 Å². The standard InChI is InChI=1S/C63H106O6/c1-4-7-10-13-16-19-22-25-28-30-31-33-36-38-41-44-47-50-53-56-62(65)68-59-60(69-63(66)57-54-51-48-45-42-39-34-27-24-21-18-15-12-9-6-3)58-67-61(64)55-52-49-46-43-40-37-35-32-29-26-23-20-17-14-11-8-5-2/h16-17,19-20,25-26,28-29,31,33,35,37-38,41,47,50,60H,4-15,18,21-24,27,30,32,34,36,39-40,42-46,48-49,51-59H2,1-3H3/b19-16-,20-17-,28-25-,29-26-,33-31-,37-35-,41-38-,50-47-/t60-/m0/s1. The Morgan fingerprint density at radius 1 is 0.290 bits per heavy atom. The van der Waals surface area contributed by atoms with Gasteiger partial charge in [0.2, 0.25) is 0 Å². The van der Waals surface area contributed by atoms with Crippen LogP contribution in [0.25, 0.3) is 0 Å². The molecule has 0 aromatic carbocycles. The van der Waals surface area contributed by atoms with E-state index in [4.69, 9.17) is 14.2 Å². The van der Waals surface area contributed by atoms with Gasteiger partial charge in [0.05, 0.1) is 0 Å². The van der Waals surface area contributed by atoms with Gasteiger partial charge in [0.15, 0.2) is 6.10 Å². The molecule has 0 bridgehead atoms. The lowest BCUT2D eigenvalue weighted by Crippen LogP contribution is -2.30. The molecule has 0 aliphatic rings. The van der Waals surface area contributed by atoms with Crippen molar-refractivity contribution in [2.75, 3.05) is 13.2 Å². The third kappa shape index (κ3) is 55.1. The van der Waals surface area contributed by atoms with Crippen LogP contribution < -0.4 is 0 Å².